The van der Waals surface area contributed by atoms with E-state index in [4.69, 9.17) is 9.15 Å². The summed E-state index contributed by atoms with van der Waals surface area (Å²) in [6.07, 6.45) is 3.50. The van der Waals surface area contributed by atoms with Crippen LogP contribution in [-0.4, -0.2) is 35.1 Å². The van der Waals surface area contributed by atoms with Crippen LogP contribution in [0.4, 0.5) is 5.82 Å². The lowest BCUT2D eigenvalue weighted by molar-refractivity contribution is -0.125. The van der Waals surface area contributed by atoms with E-state index in [0.29, 0.717) is 18.8 Å². The van der Waals surface area contributed by atoms with E-state index in [-0.39, 0.29) is 17.9 Å². The summed E-state index contributed by atoms with van der Waals surface area (Å²) < 4.78 is 11.4. The quantitative estimate of drug-likeness (QED) is 0.642. The molecule has 1 atom stereocenters. The molecule has 0 aliphatic carbocycles. The number of nitrogens with zero attached hydrogens (tertiary/aromatic N) is 3. The van der Waals surface area contributed by atoms with E-state index in [1.807, 2.05) is 52.0 Å². The number of rotatable bonds is 6. The van der Waals surface area contributed by atoms with Gasteiger partial charge < -0.3 is 19.4 Å². The monoisotopic (exact) mass is 422 g/mol. The molecule has 4 rings (SSSR count). The van der Waals surface area contributed by atoms with Gasteiger partial charge in [0.1, 0.15) is 23.7 Å². The average molecular weight is 423 g/mol. The first-order valence-electron chi connectivity index (χ1n) is 10.9. The number of ether oxygens (including phenoxy) is 1. The summed E-state index contributed by atoms with van der Waals surface area (Å²) in [5.41, 5.74) is 2.72. The van der Waals surface area contributed by atoms with E-state index in [1.165, 1.54) is 6.33 Å². The Morgan fingerprint density at radius 3 is 2.77 bits per heavy atom. The number of hydrogen-bond donors (Lipinski definition) is 1. The summed E-state index contributed by atoms with van der Waals surface area (Å²) >= 11 is 0. The standard InChI is InChI=1S/C24H30N4O3/c1-15(2)30-20-9-7-18(8-10-20)12-25-23(29)19-6-5-11-28(13-19)22-21-16(3)17(4)31-24(21)27-14-26-22/h7-10,14-15,19H,5-6,11-13H2,1-4H3,(H,25,29). The van der Waals surface area contributed by atoms with E-state index >= 15 is 0 Å². The zero-order valence-electron chi connectivity index (χ0n) is 18.6. The first-order valence-corrected chi connectivity index (χ1v) is 10.9. The molecule has 1 N–H and O–H groups in total. The summed E-state index contributed by atoms with van der Waals surface area (Å²) in [7, 11) is 0. The largest absolute Gasteiger partial charge is 0.491 e. The highest BCUT2D eigenvalue weighted by molar-refractivity contribution is 5.90. The number of aryl methyl sites for hydroxylation is 2. The van der Waals surface area contributed by atoms with E-state index in [0.717, 1.165) is 53.2 Å². The number of carbonyl (C=O) groups excluding carboxylic acids is 1. The summed E-state index contributed by atoms with van der Waals surface area (Å²) in [6.45, 7) is 10.00. The molecule has 0 spiro atoms. The molecule has 31 heavy (non-hydrogen) atoms. The van der Waals surface area contributed by atoms with Crippen molar-refractivity contribution in [2.75, 3.05) is 18.0 Å². The summed E-state index contributed by atoms with van der Waals surface area (Å²) in [6, 6.07) is 7.87. The lowest BCUT2D eigenvalue weighted by atomic mass is 9.96. The van der Waals surface area contributed by atoms with E-state index in [2.05, 4.69) is 20.2 Å². The minimum atomic E-state index is -0.0735. The van der Waals surface area contributed by atoms with Crippen molar-refractivity contribution >= 4 is 22.8 Å². The molecule has 1 aliphatic rings. The second-order valence-corrected chi connectivity index (χ2v) is 8.47. The molecule has 0 radical (unpaired) electrons. The molecule has 164 valence electrons. The SMILES string of the molecule is Cc1oc2ncnc(N3CCCC(C(=O)NCc4ccc(OC(C)C)cc4)C3)c2c1C. The predicted octanol–water partition coefficient (Wildman–Crippen LogP) is 4.16. The van der Waals surface area contributed by atoms with Crippen LogP contribution >= 0.6 is 0 Å². The van der Waals surface area contributed by atoms with Gasteiger partial charge in [-0.2, -0.15) is 0 Å². The number of furan rings is 1. The molecular formula is C24H30N4O3. The van der Waals surface area contributed by atoms with Crippen LogP contribution in [0, 0.1) is 19.8 Å². The topological polar surface area (TPSA) is 80.5 Å². The second kappa shape index (κ2) is 8.96. The Kier molecular flexibility index (Phi) is 6.11. The highest BCUT2D eigenvalue weighted by Gasteiger charge is 2.28. The van der Waals surface area contributed by atoms with Gasteiger partial charge in [0.15, 0.2) is 0 Å². The maximum atomic E-state index is 12.9. The van der Waals surface area contributed by atoms with Crippen LogP contribution in [0.15, 0.2) is 35.0 Å². The van der Waals surface area contributed by atoms with Gasteiger partial charge in [-0.1, -0.05) is 12.1 Å². The van der Waals surface area contributed by atoms with Crippen molar-refractivity contribution in [2.24, 2.45) is 5.92 Å². The Morgan fingerprint density at radius 2 is 2.03 bits per heavy atom. The van der Waals surface area contributed by atoms with Crippen molar-refractivity contribution in [3.05, 3.63) is 47.5 Å². The molecule has 1 fully saturated rings. The molecule has 7 nitrogen and oxygen atoms in total. The van der Waals surface area contributed by atoms with Gasteiger partial charge in [0, 0.05) is 25.2 Å². The van der Waals surface area contributed by atoms with Crippen LogP contribution in [0.3, 0.4) is 0 Å². The van der Waals surface area contributed by atoms with Crippen molar-refractivity contribution < 1.29 is 13.9 Å². The van der Waals surface area contributed by atoms with Crippen molar-refractivity contribution in [1.29, 1.82) is 0 Å². The number of hydrogen-bond acceptors (Lipinski definition) is 6. The normalized spacial score (nSPS) is 16.7. The predicted molar refractivity (Wildman–Crippen MR) is 120 cm³/mol. The van der Waals surface area contributed by atoms with E-state index in [9.17, 15) is 4.79 Å². The number of benzene rings is 1. The van der Waals surface area contributed by atoms with Gasteiger partial charge in [-0.15, -0.1) is 0 Å². The number of carbonyl (C=O) groups is 1. The summed E-state index contributed by atoms with van der Waals surface area (Å²) in [5, 5.41) is 4.04. The summed E-state index contributed by atoms with van der Waals surface area (Å²) in [4.78, 5) is 23.9. The molecule has 2 aromatic heterocycles. The molecule has 1 amide bonds. The molecule has 1 saturated heterocycles. The van der Waals surface area contributed by atoms with Crippen molar-refractivity contribution in [3.63, 3.8) is 0 Å². The Bertz CT molecular complexity index is 1060. The van der Waals surface area contributed by atoms with E-state index in [1.54, 1.807) is 0 Å². The third kappa shape index (κ3) is 4.65. The second-order valence-electron chi connectivity index (χ2n) is 8.47. The lowest BCUT2D eigenvalue weighted by Crippen LogP contribution is -2.43. The summed E-state index contributed by atoms with van der Waals surface area (Å²) in [5.74, 6) is 2.56. The first kappa shape index (κ1) is 21.2. The Balaban J connectivity index is 1.40. The molecule has 0 bridgehead atoms. The number of fused-ring (bicyclic) bond motifs is 1. The number of anilines is 1. The van der Waals surface area contributed by atoms with E-state index < -0.39 is 0 Å². The van der Waals surface area contributed by atoms with Crippen LogP contribution in [0.2, 0.25) is 0 Å². The molecule has 7 heteroatoms. The average Bonchev–Trinajstić information content (AvgIpc) is 3.06. The Hall–Kier alpha value is -3.09. The number of aromatic nitrogens is 2. The molecule has 3 aromatic rings. The number of piperidine rings is 1. The minimum Gasteiger partial charge on any atom is -0.491 e. The highest BCUT2D eigenvalue weighted by atomic mass is 16.5. The third-order valence-corrected chi connectivity index (χ3v) is 5.80. The molecule has 0 saturated carbocycles. The Labute approximate surface area is 182 Å². The van der Waals surface area contributed by atoms with Gasteiger partial charge in [0.25, 0.3) is 0 Å². The highest BCUT2D eigenvalue weighted by Crippen LogP contribution is 2.32. The molecule has 1 aromatic carbocycles. The van der Waals surface area contributed by atoms with Crippen molar-refractivity contribution in [1.82, 2.24) is 15.3 Å². The van der Waals surface area contributed by atoms with Gasteiger partial charge in [-0.25, -0.2) is 9.97 Å². The van der Waals surface area contributed by atoms with Crippen molar-refractivity contribution in [3.8, 4) is 5.75 Å². The molecule has 1 aliphatic heterocycles. The van der Waals surface area contributed by atoms with Gasteiger partial charge in [0.2, 0.25) is 11.6 Å². The number of amides is 1. The zero-order valence-corrected chi connectivity index (χ0v) is 18.6. The smallest absolute Gasteiger partial charge is 0.231 e. The lowest BCUT2D eigenvalue weighted by Gasteiger charge is -2.33. The fraction of sp³-hybridized carbons (Fsp3) is 0.458. The fourth-order valence-electron chi connectivity index (χ4n) is 4.08. The zero-order chi connectivity index (χ0) is 22.0. The van der Waals surface area contributed by atoms with Crippen molar-refractivity contribution in [2.45, 2.75) is 53.2 Å². The van der Waals surface area contributed by atoms with Gasteiger partial charge in [-0.3, -0.25) is 4.79 Å². The minimum absolute atomic E-state index is 0.0735. The fourth-order valence-corrected chi connectivity index (χ4v) is 4.08. The molecular weight excluding hydrogens is 392 g/mol. The molecule has 3 heterocycles. The maximum absolute atomic E-state index is 12.9. The van der Waals surface area contributed by atoms with Crippen LogP contribution in [0.25, 0.3) is 11.1 Å². The van der Waals surface area contributed by atoms with Crippen LogP contribution in [-0.2, 0) is 11.3 Å². The van der Waals surface area contributed by atoms with Gasteiger partial charge in [-0.05, 0) is 58.2 Å². The van der Waals surface area contributed by atoms with Crippen LogP contribution < -0.4 is 15.0 Å². The first-order chi connectivity index (χ1) is 14.9. The van der Waals surface area contributed by atoms with Gasteiger partial charge >= 0.3 is 0 Å². The third-order valence-electron chi connectivity index (χ3n) is 5.80. The van der Waals surface area contributed by atoms with Gasteiger partial charge in [0.05, 0.1) is 17.4 Å². The number of nitrogens with one attached hydrogen (secondary N) is 1. The molecule has 1 unspecified atom stereocenters. The van der Waals surface area contributed by atoms with Crippen LogP contribution in [0.5, 0.6) is 5.75 Å². The Morgan fingerprint density at radius 1 is 1.26 bits per heavy atom. The van der Waals surface area contributed by atoms with Crippen LogP contribution in [0.1, 0.15) is 43.6 Å². The maximum Gasteiger partial charge on any atom is 0.231 e.